The molecule has 6 heteroatoms. The van der Waals surface area contributed by atoms with E-state index in [1.54, 1.807) is 0 Å². The molecule has 1 aromatic carbocycles. The number of methoxy groups -OCH3 is 1. The maximum absolute atomic E-state index is 12.4. The van der Waals surface area contributed by atoms with Crippen molar-refractivity contribution in [2.45, 2.75) is 39.7 Å². The number of ether oxygens (including phenoxy) is 1. The van der Waals surface area contributed by atoms with E-state index in [4.69, 9.17) is 17.0 Å². The minimum Gasteiger partial charge on any atom is -0.465 e. The molecule has 0 atom stereocenters. The van der Waals surface area contributed by atoms with E-state index in [1.165, 1.54) is 18.4 Å². The summed E-state index contributed by atoms with van der Waals surface area (Å²) in [5.74, 6) is -0.372. The summed E-state index contributed by atoms with van der Waals surface area (Å²) in [6, 6.07) is 9.84. The lowest BCUT2D eigenvalue weighted by Gasteiger charge is -2.26. The number of hydrogen-bond donors (Lipinski definition) is 2. The zero-order chi connectivity index (χ0) is 18.6. The van der Waals surface area contributed by atoms with E-state index in [0.29, 0.717) is 15.7 Å². The standard InChI is InChI=1S/C19H24N2O2S2/c1-6-19(3,4)21-18(24)20-16-15(17(22)23-5)14(12(2)25-16)13-10-8-7-9-11-13/h7-11H,6H2,1-5H3,(H2,20,21,24). The molecule has 0 amide bonds. The Morgan fingerprint density at radius 2 is 1.92 bits per heavy atom. The van der Waals surface area contributed by atoms with Crippen molar-refractivity contribution >= 4 is 39.6 Å². The Morgan fingerprint density at radius 1 is 1.28 bits per heavy atom. The van der Waals surface area contributed by atoms with Crippen LogP contribution in [0.5, 0.6) is 0 Å². The van der Waals surface area contributed by atoms with Crippen molar-refractivity contribution in [1.82, 2.24) is 5.32 Å². The number of carbonyl (C=O) groups is 1. The van der Waals surface area contributed by atoms with Crippen LogP contribution >= 0.6 is 23.6 Å². The number of thiocarbonyl (C=S) groups is 1. The zero-order valence-electron chi connectivity index (χ0n) is 15.2. The molecule has 0 unspecified atom stereocenters. The number of carbonyl (C=O) groups excluding carboxylic acids is 1. The molecular formula is C19H24N2O2S2. The van der Waals surface area contributed by atoms with Crippen molar-refractivity contribution in [2.75, 3.05) is 12.4 Å². The minimum atomic E-state index is -0.372. The molecule has 4 nitrogen and oxygen atoms in total. The third-order valence-corrected chi connectivity index (χ3v) is 5.32. The SMILES string of the molecule is CCC(C)(C)NC(=S)Nc1sc(C)c(-c2ccccc2)c1C(=O)OC. The van der Waals surface area contributed by atoms with Crippen LogP contribution in [0.3, 0.4) is 0 Å². The van der Waals surface area contributed by atoms with E-state index in [2.05, 4.69) is 31.4 Å². The minimum absolute atomic E-state index is 0.121. The van der Waals surface area contributed by atoms with Crippen molar-refractivity contribution in [3.05, 3.63) is 40.8 Å². The normalized spacial score (nSPS) is 11.1. The lowest BCUT2D eigenvalue weighted by atomic mass is 10.0. The summed E-state index contributed by atoms with van der Waals surface area (Å²) in [6.07, 6.45) is 0.928. The number of aryl methyl sites for hydroxylation is 1. The highest BCUT2D eigenvalue weighted by atomic mass is 32.1. The number of nitrogens with one attached hydrogen (secondary N) is 2. The van der Waals surface area contributed by atoms with E-state index >= 15 is 0 Å². The smallest absolute Gasteiger partial charge is 0.341 e. The van der Waals surface area contributed by atoms with E-state index in [-0.39, 0.29) is 11.5 Å². The highest BCUT2D eigenvalue weighted by molar-refractivity contribution is 7.80. The number of esters is 1. The van der Waals surface area contributed by atoms with Gasteiger partial charge in [-0.2, -0.15) is 0 Å². The Bertz CT molecular complexity index is 767. The van der Waals surface area contributed by atoms with Gasteiger partial charge in [0, 0.05) is 16.0 Å². The van der Waals surface area contributed by atoms with Crippen LogP contribution in [0.2, 0.25) is 0 Å². The predicted octanol–water partition coefficient (Wildman–Crippen LogP) is 4.99. The van der Waals surface area contributed by atoms with Crippen molar-refractivity contribution in [3.8, 4) is 11.1 Å². The lowest BCUT2D eigenvalue weighted by molar-refractivity contribution is 0.0603. The Balaban J connectivity index is 2.42. The molecule has 0 aliphatic rings. The Hall–Kier alpha value is -1.92. The molecule has 1 aromatic heterocycles. The van der Waals surface area contributed by atoms with Crippen LogP contribution in [0.25, 0.3) is 11.1 Å². The molecule has 0 bridgehead atoms. The van der Waals surface area contributed by atoms with Crippen LogP contribution in [0, 0.1) is 6.92 Å². The molecule has 0 saturated carbocycles. The molecule has 2 N–H and O–H groups in total. The van der Waals surface area contributed by atoms with Crippen LogP contribution in [0.15, 0.2) is 30.3 Å². The van der Waals surface area contributed by atoms with Crippen LogP contribution in [-0.4, -0.2) is 23.7 Å². The quantitative estimate of drug-likeness (QED) is 0.569. The van der Waals surface area contributed by atoms with Crippen molar-refractivity contribution in [1.29, 1.82) is 0 Å². The highest BCUT2D eigenvalue weighted by Gasteiger charge is 2.25. The van der Waals surface area contributed by atoms with E-state index in [1.807, 2.05) is 37.3 Å². The topological polar surface area (TPSA) is 50.4 Å². The first kappa shape index (κ1) is 19.4. The summed E-state index contributed by atoms with van der Waals surface area (Å²) in [5.41, 5.74) is 2.27. The van der Waals surface area contributed by atoms with Gasteiger partial charge in [0.15, 0.2) is 5.11 Å². The van der Waals surface area contributed by atoms with Gasteiger partial charge in [-0.05, 0) is 45.0 Å². The summed E-state index contributed by atoms with van der Waals surface area (Å²) in [5, 5.41) is 7.67. The van der Waals surface area contributed by atoms with Crippen LogP contribution < -0.4 is 10.6 Å². The van der Waals surface area contributed by atoms with Gasteiger partial charge >= 0.3 is 5.97 Å². The second-order valence-corrected chi connectivity index (χ2v) is 8.04. The third kappa shape index (κ3) is 4.58. The van der Waals surface area contributed by atoms with E-state index < -0.39 is 0 Å². The lowest BCUT2D eigenvalue weighted by Crippen LogP contribution is -2.44. The third-order valence-electron chi connectivity index (χ3n) is 4.10. The second-order valence-electron chi connectivity index (χ2n) is 6.41. The second kappa shape index (κ2) is 7.97. The van der Waals surface area contributed by atoms with Gasteiger partial charge in [0.25, 0.3) is 0 Å². The fourth-order valence-electron chi connectivity index (χ4n) is 2.41. The summed E-state index contributed by atoms with van der Waals surface area (Å²) < 4.78 is 5.02. The fraction of sp³-hybridized carbons (Fsp3) is 0.368. The average molecular weight is 377 g/mol. The monoisotopic (exact) mass is 376 g/mol. The maximum atomic E-state index is 12.4. The van der Waals surface area contributed by atoms with Crippen LogP contribution in [0.1, 0.15) is 42.4 Å². The maximum Gasteiger partial charge on any atom is 0.341 e. The summed E-state index contributed by atoms with van der Waals surface area (Å²) in [6.45, 7) is 8.25. The van der Waals surface area contributed by atoms with Crippen molar-refractivity contribution < 1.29 is 9.53 Å². The van der Waals surface area contributed by atoms with Crippen LogP contribution in [-0.2, 0) is 4.74 Å². The molecule has 0 radical (unpaired) electrons. The first-order chi connectivity index (χ1) is 11.8. The van der Waals surface area contributed by atoms with Gasteiger partial charge < -0.3 is 15.4 Å². The summed E-state index contributed by atoms with van der Waals surface area (Å²) >= 11 is 6.94. The Kier molecular flexibility index (Phi) is 6.19. The van der Waals surface area contributed by atoms with E-state index in [9.17, 15) is 4.79 Å². The number of thiophene rings is 1. The van der Waals surface area contributed by atoms with Gasteiger partial charge in [0.2, 0.25) is 0 Å². The van der Waals surface area contributed by atoms with Gasteiger partial charge in [-0.15, -0.1) is 11.3 Å². The van der Waals surface area contributed by atoms with E-state index in [0.717, 1.165) is 22.4 Å². The molecule has 25 heavy (non-hydrogen) atoms. The van der Waals surface area contributed by atoms with Crippen molar-refractivity contribution in [2.24, 2.45) is 0 Å². The number of rotatable bonds is 5. The molecule has 134 valence electrons. The Morgan fingerprint density at radius 3 is 2.48 bits per heavy atom. The predicted molar refractivity (Wildman–Crippen MR) is 110 cm³/mol. The van der Waals surface area contributed by atoms with Gasteiger partial charge in [-0.3, -0.25) is 0 Å². The Labute approximate surface area is 158 Å². The summed E-state index contributed by atoms with van der Waals surface area (Å²) in [4.78, 5) is 13.5. The molecule has 0 aliphatic heterocycles. The first-order valence-corrected chi connectivity index (χ1v) is 9.37. The van der Waals surface area contributed by atoms with Gasteiger partial charge in [-0.25, -0.2) is 4.79 Å². The zero-order valence-corrected chi connectivity index (χ0v) is 16.9. The molecular weight excluding hydrogens is 352 g/mol. The molecule has 2 aromatic rings. The molecule has 1 heterocycles. The first-order valence-electron chi connectivity index (χ1n) is 8.15. The largest absolute Gasteiger partial charge is 0.465 e. The van der Waals surface area contributed by atoms with Gasteiger partial charge in [0.05, 0.1) is 7.11 Å². The molecule has 2 rings (SSSR count). The highest BCUT2D eigenvalue weighted by Crippen LogP contribution is 2.40. The number of hydrogen-bond acceptors (Lipinski definition) is 4. The molecule has 0 saturated heterocycles. The molecule has 0 aliphatic carbocycles. The van der Waals surface area contributed by atoms with Crippen molar-refractivity contribution in [3.63, 3.8) is 0 Å². The van der Waals surface area contributed by atoms with Gasteiger partial charge in [0.1, 0.15) is 10.6 Å². The average Bonchev–Trinajstić information content (AvgIpc) is 2.90. The van der Waals surface area contributed by atoms with Crippen LogP contribution in [0.4, 0.5) is 5.00 Å². The molecule has 0 spiro atoms. The number of benzene rings is 1. The van der Waals surface area contributed by atoms with Gasteiger partial charge in [-0.1, -0.05) is 37.3 Å². The number of anilines is 1. The fourth-order valence-corrected chi connectivity index (χ4v) is 3.92. The summed E-state index contributed by atoms with van der Waals surface area (Å²) in [7, 11) is 1.39. The molecule has 0 fully saturated rings.